The smallest absolute Gasteiger partial charge is 0.184 e. The van der Waals surface area contributed by atoms with Gasteiger partial charge in [-0.1, -0.05) is 19.6 Å². The van der Waals surface area contributed by atoms with Crippen LogP contribution >= 0.6 is 31.9 Å². The third kappa shape index (κ3) is 11.7. The molecule has 57 heavy (non-hydrogen) atoms. The molecule has 2 fully saturated rings. The van der Waals surface area contributed by atoms with Gasteiger partial charge in [0.15, 0.2) is 5.78 Å². The number of aliphatic hydroxyl groups excluding tert-OH is 1. The molecule has 2 aromatic carbocycles. The van der Waals surface area contributed by atoms with Crippen molar-refractivity contribution >= 4 is 37.6 Å². The Kier molecular flexibility index (Phi) is 17.3. The van der Waals surface area contributed by atoms with E-state index < -0.39 is 6.10 Å². The molecule has 8 heteroatoms. The number of aliphatic hydroxyl groups is 1. The lowest BCUT2D eigenvalue weighted by atomic mass is 9.86. The van der Waals surface area contributed by atoms with Gasteiger partial charge in [0.25, 0.3) is 0 Å². The summed E-state index contributed by atoms with van der Waals surface area (Å²) in [5.41, 5.74) is 17.6. The Bertz CT molecular complexity index is 2010. The van der Waals surface area contributed by atoms with Crippen LogP contribution in [0.15, 0.2) is 45.6 Å². The second-order valence-electron chi connectivity index (χ2n) is 16.8. The highest BCUT2D eigenvalue weighted by molar-refractivity contribution is 9.10. The molecule has 2 saturated heterocycles. The number of Topliss-reactive ketones (excluding diaryl/α,β-unsaturated/α-hetero) is 1. The highest BCUT2D eigenvalue weighted by atomic mass is 79.9. The predicted octanol–water partition coefficient (Wildman–Crippen LogP) is 11.3. The molecule has 6 nitrogen and oxygen atoms in total. The average Bonchev–Trinajstić information content (AvgIpc) is 3.18. The van der Waals surface area contributed by atoms with Crippen molar-refractivity contribution in [1.82, 2.24) is 19.8 Å². The average molecular weight is 905 g/mol. The van der Waals surface area contributed by atoms with Gasteiger partial charge >= 0.3 is 0 Å². The Labute approximate surface area is 361 Å². The van der Waals surface area contributed by atoms with Gasteiger partial charge in [-0.3, -0.25) is 14.8 Å². The monoisotopic (exact) mass is 902 g/mol. The zero-order chi connectivity index (χ0) is 40.8. The molecule has 1 N–H and O–H groups in total. The molecule has 2 aromatic heterocycles. The van der Waals surface area contributed by atoms with Crippen LogP contribution in [0, 0.1) is 67.2 Å². The number of hydrogen-bond acceptors (Lipinski definition) is 6. The molecule has 0 aliphatic carbocycles. The zero-order valence-electron chi connectivity index (χ0n) is 35.6. The van der Waals surface area contributed by atoms with E-state index >= 15 is 0 Å². The van der Waals surface area contributed by atoms with Crippen LogP contribution in [0.4, 0.5) is 0 Å². The van der Waals surface area contributed by atoms with Gasteiger partial charge in [0.05, 0.1) is 11.8 Å². The number of halogens is 2. The molecular weight excluding hydrogens is 836 g/mol. The second kappa shape index (κ2) is 21.0. The molecule has 4 heterocycles. The Morgan fingerprint density at radius 1 is 0.632 bits per heavy atom. The van der Waals surface area contributed by atoms with E-state index in [1.165, 1.54) is 55.6 Å². The van der Waals surface area contributed by atoms with Crippen molar-refractivity contribution in [3.8, 4) is 0 Å². The predicted molar refractivity (Wildman–Crippen MR) is 246 cm³/mol. The van der Waals surface area contributed by atoms with Crippen LogP contribution in [0.3, 0.4) is 0 Å². The number of rotatable bonds is 10. The van der Waals surface area contributed by atoms with E-state index in [4.69, 9.17) is 0 Å². The first-order valence-corrected chi connectivity index (χ1v) is 22.1. The van der Waals surface area contributed by atoms with Crippen LogP contribution < -0.4 is 0 Å². The summed E-state index contributed by atoms with van der Waals surface area (Å²) in [6, 6.07) is 8.86. The van der Waals surface area contributed by atoms with E-state index in [-0.39, 0.29) is 19.1 Å². The summed E-state index contributed by atoms with van der Waals surface area (Å²) in [5, 5.41) is 11.1. The van der Waals surface area contributed by atoms with Crippen molar-refractivity contribution in [3.63, 3.8) is 0 Å². The van der Waals surface area contributed by atoms with E-state index in [9.17, 15) is 9.90 Å². The topological polar surface area (TPSA) is 69.6 Å². The molecule has 2 aliphatic heterocycles. The number of aromatic nitrogens is 2. The third-order valence-electron chi connectivity index (χ3n) is 13.2. The number of piperidine rings is 2. The molecule has 1 unspecified atom stereocenters. The fourth-order valence-electron chi connectivity index (χ4n) is 8.53. The minimum atomic E-state index is -0.473. The molecule has 0 saturated carbocycles. The summed E-state index contributed by atoms with van der Waals surface area (Å²) in [6.07, 6.45) is 10.7. The van der Waals surface area contributed by atoms with Gasteiger partial charge < -0.3 is 14.9 Å². The fourth-order valence-corrected chi connectivity index (χ4v) is 9.29. The van der Waals surface area contributed by atoms with Crippen molar-refractivity contribution in [2.75, 3.05) is 40.3 Å². The lowest BCUT2D eigenvalue weighted by molar-refractivity contribution is 0.0619. The lowest BCUT2D eigenvalue weighted by Crippen LogP contribution is -2.34. The van der Waals surface area contributed by atoms with Crippen molar-refractivity contribution in [2.24, 2.45) is 11.8 Å². The normalized spacial score (nSPS) is 16.2. The van der Waals surface area contributed by atoms with E-state index in [2.05, 4.69) is 145 Å². The number of nitrogens with zero attached hydrogens (tertiary/aromatic N) is 4. The number of pyridine rings is 2. The zero-order valence-corrected chi connectivity index (χ0v) is 38.8. The summed E-state index contributed by atoms with van der Waals surface area (Å²) < 4.78 is 1.92. The van der Waals surface area contributed by atoms with Gasteiger partial charge in [-0.25, -0.2) is 0 Å². The molecule has 2 aliphatic rings. The number of aryl methyl sites for hydroxylation is 6. The van der Waals surface area contributed by atoms with Crippen LogP contribution in [-0.2, 0) is 25.7 Å². The van der Waals surface area contributed by atoms with Crippen LogP contribution in [-0.4, -0.2) is 70.9 Å². The van der Waals surface area contributed by atoms with E-state index in [1.54, 1.807) is 6.20 Å². The Balaban J connectivity index is 0.000000248. The first-order valence-electron chi connectivity index (χ1n) is 20.6. The molecule has 4 aromatic rings. The second-order valence-corrected chi connectivity index (χ2v) is 18.7. The van der Waals surface area contributed by atoms with Gasteiger partial charge in [-0.05, 0) is 264 Å². The molecule has 0 radical (unpaired) electrons. The number of carbonyl (C=O) groups excluding carboxylic acids is 1. The molecule has 310 valence electrons. The SMILES string of the molecule is C.Cc1cc(CCc2cc(Br)cnc2C(=O)C2CCN(C)CC2)c(C)c(C)c1C.Cc1cc(CCc2cc(Br)cnc2C(O)C2CCN(C)CC2)c(C)c(C)c1C. The number of likely N-dealkylation sites (tertiary alicyclic amines) is 2. The molecular formula is C49H68Br2N4O2. The first-order chi connectivity index (χ1) is 26.5. The fraction of sp³-hybridized carbons (Fsp3) is 0.531. The van der Waals surface area contributed by atoms with Gasteiger partial charge in [0.1, 0.15) is 5.69 Å². The maximum Gasteiger partial charge on any atom is 0.184 e. The minimum Gasteiger partial charge on any atom is -0.387 e. The Hall–Kier alpha value is -2.75. The van der Waals surface area contributed by atoms with E-state index in [0.29, 0.717) is 11.6 Å². The number of benzene rings is 2. The Morgan fingerprint density at radius 3 is 1.56 bits per heavy atom. The van der Waals surface area contributed by atoms with Crippen LogP contribution in [0.25, 0.3) is 0 Å². The molecule has 1 atom stereocenters. The van der Waals surface area contributed by atoms with Crippen molar-refractivity contribution in [2.45, 2.75) is 120 Å². The molecule has 0 spiro atoms. The summed E-state index contributed by atoms with van der Waals surface area (Å²) in [7, 11) is 4.28. The molecule has 0 bridgehead atoms. The van der Waals surface area contributed by atoms with Crippen LogP contribution in [0.1, 0.15) is 122 Å². The van der Waals surface area contributed by atoms with Gasteiger partial charge in [-0.15, -0.1) is 0 Å². The number of hydrogen-bond donors (Lipinski definition) is 1. The van der Waals surface area contributed by atoms with Crippen LogP contribution in [0.2, 0.25) is 0 Å². The summed E-state index contributed by atoms with van der Waals surface area (Å²) in [5.74, 6) is 0.632. The molecule has 6 rings (SSSR count). The van der Waals surface area contributed by atoms with Gasteiger partial charge in [-0.2, -0.15) is 0 Å². The highest BCUT2D eigenvalue weighted by Gasteiger charge is 2.29. The van der Waals surface area contributed by atoms with Crippen molar-refractivity contribution in [3.05, 3.63) is 124 Å². The summed E-state index contributed by atoms with van der Waals surface area (Å²) in [4.78, 5) is 27.0. The standard InChI is InChI=1S/C24H33BrN2O.C24H31BrN2O.CH4/c2*1-15-12-20(18(4)17(3)16(15)2)6-7-21-13-22(25)14-26-23(21)24(28)19-8-10-27(5)11-9-19;/h12-14,19,24,28H,6-11H2,1-5H3;12-14,19H,6-11H2,1-5H3;1H4. The van der Waals surface area contributed by atoms with Crippen molar-refractivity contribution in [1.29, 1.82) is 0 Å². The lowest BCUT2D eigenvalue weighted by Gasteiger charge is -2.32. The van der Waals surface area contributed by atoms with Gasteiger partial charge in [0, 0.05) is 27.3 Å². The minimum absolute atomic E-state index is 0. The summed E-state index contributed by atoms with van der Waals surface area (Å²) >= 11 is 7.11. The first kappa shape index (κ1) is 46.9. The third-order valence-corrected chi connectivity index (χ3v) is 14.1. The maximum absolute atomic E-state index is 13.2. The quantitative estimate of drug-likeness (QED) is 0.160. The van der Waals surface area contributed by atoms with Gasteiger partial charge in [0.2, 0.25) is 0 Å². The van der Waals surface area contributed by atoms with E-state index in [0.717, 1.165) is 103 Å². The van der Waals surface area contributed by atoms with Crippen molar-refractivity contribution < 1.29 is 9.90 Å². The molecule has 0 amide bonds. The maximum atomic E-state index is 13.2. The number of carbonyl (C=O) groups is 1. The number of ketones is 1. The van der Waals surface area contributed by atoms with E-state index in [1.807, 2.05) is 6.20 Å². The van der Waals surface area contributed by atoms with Crippen LogP contribution in [0.5, 0.6) is 0 Å². The Morgan fingerprint density at radius 2 is 1.05 bits per heavy atom. The highest BCUT2D eigenvalue weighted by Crippen LogP contribution is 2.33. The largest absolute Gasteiger partial charge is 0.387 e. The summed E-state index contributed by atoms with van der Waals surface area (Å²) in [6.45, 7) is 21.7.